The lowest BCUT2D eigenvalue weighted by Gasteiger charge is -2.27. The van der Waals surface area contributed by atoms with E-state index >= 15 is 0 Å². The van der Waals surface area contributed by atoms with Crippen LogP contribution in [0.2, 0.25) is 0 Å². The Morgan fingerprint density at radius 2 is 2.03 bits per heavy atom. The summed E-state index contributed by atoms with van der Waals surface area (Å²) in [6.07, 6.45) is 3.83. The fourth-order valence-electron chi connectivity index (χ4n) is 4.53. The van der Waals surface area contributed by atoms with E-state index in [9.17, 15) is 9.50 Å². The van der Waals surface area contributed by atoms with Crippen molar-refractivity contribution < 1.29 is 23.7 Å². The summed E-state index contributed by atoms with van der Waals surface area (Å²) in [4.78, 5) is 2.18. The lowest BCUT2D eigenvalue weighted by Crippen LogP contribution is -2.39. The number of hydrogen-bond acceptors (Lipinski definition) is 6. The van der Waals surface area contributed by atoms with Crippen LogP contribution in [0.3, 0.4) is 0 Å². The van der Waals surface area contributed by atoms with E-state index in [0.717, 1.165) is 36.4 Å². The number of benzene rings is 2. The van der Waals surface area contributed by atoms with Gasteiger partial charge < -0.3 is 19.3 Å². The number of aromatic nitrogens is 2. The van der Waals surface area contributed by atoms with Crippen LogP contribution in [-0.4, -0.2) is 64.9 Å². The Morgan fingerprint density at radius 3 is 2.70 bits per heavy atom. The maximum absolute atomic E-state index is 13.6. The third-order valence-corrected chi connectivity index (χ3v) is 6.27. The standard InChI is InChI=1S/C29H36FN3O4/c1-3-16-35-21-24(34)18-32(19-26-11-8-17-36-26)20-27-28(4-2)31-33(23-9-6-5-7-10-23)29(27)37-25-14-12-22(30)13-15-25/h3,5-7,9-10,12-15,24,26,34H,1,4,8,11,16-21H2,2H3/t24-,26-/m0/s1. The second-order valence-electron chi connectivity index (χ2n) is 9.20. The van der Waals surface area contributed by atoms with E-state index in [0.29, 0.717) is 44.3 Å². The predicted octanol–water partition coefficient (Wildman–Crippen LogP) is 4.91. The zero-order chi connectivity index (χ0) is 26.0. The summed E-state index contributed by atoms with van der Waals surface area (Å²) in [7, 11) is 0. The van der Waals surface area contributed by atoms with E-state index < -0.39 is 6.10 Å². The molecule has 0 saturated carbocycles. The number of hydrogen-bond donors (Lipinski definition) is 1. The highest BCUT2D eigenvalue weighted by molar-refractivity contribution is 5.43. The summed E-state index contributed by atoms with van der Waals surface area (Å²) in [5, 5.41) is 15.6. The molecule has 7 nitrogen and oxygen atoms in total. The number of nitrogens with zero attached hydrogens (tertiary/aromatic N) is 3. The molecular weight excluding hydrogens is 473 g/mol. The van der Waals surface area contributed by atoms with Crippen molar-refractivity contribution in [1.82, 2.24) is 14.7 Å². The third-order valence-electron chi connectivity index (χ3n) is 6.27. The van der Waals surface area contributed by atoms with Gasteiger partial charge in [-0.15, -0.1) is 6.58 Å². The molecule has 0 amide bonds. The molecule has 37 heavy (non-hydrogen) atoms. The maximum atomic E-state index is 13.6. The van der Waals surface area contributed by atoms with Gasteiger partial charge in [0.2, 0.25) is 5.88 Å². The summed E-state index contributed by atoms with van der Waals surface area (Å²) in [6, 6.07) is 15.8. The van der Waals surface area contributed by atoms with Crippen LogP contribution >= 0.6 is 0 Å². The van der Waals surface area contributed by atoms with Gasteiger partial charge in [-0.2, -0.15) is 5.10 Å². The maximum Gasteiger partial charge on any atom is 0.227 e. The normalized spacial score (nSPS) is 16.3. The van der Waals surface area contributed by atoms with Crippen molar-refractivity contribution in [2.75, 3.05) is 32.9 Å². The van der Waals surface area contributed by atoms with Crippen LogP contribution < -0.4 is 4.74 Å². The van der Waals surface area contributed by atoms with Gasteiger partial charge in [0.25, 0.3) is 0 Å². The molecule has 0 spiro atoms. The molecule has 1 N–H and O–H groups in total. The quantitative estimate of drug-likeness (QED) is 0.246. The fourth-order valence-corrected chi connectivity index (χ4v) is 4.53. The van der Waals surface area contributed by atoms with Crippen LogP contribution in [0.15, 0.2) is 67.3 Å². The average Bonchev–Trinajstić information content (AvgIpc) is 3.54. The number of para-hydroxylation sites is 1. The highest BCUT2D eigenvalue weighted by atomic mass is 19.1. The summed E-state index contributed by atoms with van der Waals surface area (Å²) in [5.41, 5.74) is 2.69. The Bertz CT molecular complexity index is 1110. The van der Waals surface area contributed by atoms with E-state index in [2.05, 4.69) is 18.4 Å². The Balaban J connectivity index is 1.67. The van der Waals surface area contributed by atoms with Crippen molar-refractivity contribution in [2.45, 2.75) is 44.9 Å². The molecular formula is C29H36FN3O4. The van der Waals surface area contributed by atoms with Crippen molar-refractivity contribution in [3.05, 3.63) is 84.3 Å². The lowest BCUT2D eigenvalue weighted by atomic mass is 10.1. The first-order valence-corrected chi connectivity index (χ1v) is 12.9. The number of aliphatic hydroxyl groups is 1. The second-order valence-corrected chi connectivity index (χ2v) is 9.20. The molecule has 1 aromatic heterocycles. The Labute approximate surface area is 218 Å². The molecule has 198 valence electrons. The molecule has 0 unspecified atom stereocenters. The molecule has 0 aliphatic carbocycles. The molecule has 1 fully saturated rings. The van der Waals surface area contributed by atoms with Crippen LogP contribution in [0.4, 0.5) is 4.39 Å². The highest BCUT2D eigenvalue weighted by Gasteiger charge is 2.26. The molecule has 8 heteroatoms. The summed E-state index contributed by atoms with van der Waals surface area (Å²) in [5.74, 6) is 0.768. The van der Waals surface area contributed by atoms with Crippen molar-refractivity contribution in [2.24, 2.45) is 0 Å². The minimum atomic E-state index is -0.669. The van der Waals surface area contributed by atoms with Crippen LogP contribution in [-0.2, 0) is 22.4 Å². The van der Waals surface area contributed by atoms with Crippen molar-refractivity contribution in [1.29, 1.82) is 0 Å². The molecule has 1 saturated heterocycles. The van der Waals surface area contributed by atoms with Gasteiger partial charge >= 0.3 is 0 Å². The van der Waals surface area contributed by atoms with Gasteiger partial charge in [-0.1, -0.05) is 31.2 Å². The largest absolute Gasteiger partial charge is 0.439 e. The van der Waals surface area contributed by atoms with Gasteiger partial charge in [-0.3, -0.25) is 4.90 Å². The van der Waals surface area contributed by atoms with Gasteiger partial charge in [0, 0.05) is 26.2 Å². The Hall–Kier alpha value is -3.04. The number of ether oxygens (including phenoxy) is 3. The average molecular weight is 510 g/mol. The third kappa shape index (κ3) is 7.49. The zero-order valence-electron chi connectivity index (χ0n) is 21.4. The Kier molecular flexibility index (Phi) is 9.85. The molecule has 2 aromatic carbocycles. The van der Waals surface area contributed by atoms with Crippen LogP contribution in [0.1, 0.15) is 31.0 Å². The topological polar surface area (TPSA) is 69.0 Å². The first-order valence-electron chi connectivity index (χ1n) is 12.9. The van der Waals surface area contributed by atoms with Gasteiger partial charge in [0.1, 0.15) is 11.6 Å². The van der Waals surface area contributed by atoms with E-state index in [1.807, 2.05) is 30.3 Å². The fraction of sp³-hybridized carbons (Fsp3) is 0.414. The van der Waals surface area contributed by atoms with Crippen LogP contribution in [0.25, 0.3) is 5.69 Å². The van der Waals surface area contributed by atoms with Gasteiger partial charge in [-0.05, 0) is 55.7 Å². The van der Waals surface area contributed by atoms with Crippen LogP contribution in [0.5, 0.6) is 11.6 Å². The number of aryl methyl sites for hydroxylation is 1. The van der Waals surface area contributed by atoms with E-state index in [4.69, 9.17) is 19.3 Å². The molecule has 3 aromatic rings. The van der Waals surface area contributed by atoms with E-state index in [1.165, 1.54) is 12.1 Å². The lowest BCUT2D eigenvalue weighted by molar-refractivity contribution is 0.00835. The minimum absolute atomic E-state index is 0.108. The van der Waals surface area contributed by atoms with E-state index in [1.54, 1.807) is 22.9 Å². The molecule has 1 aliphatic rings. The molecule has 0 radical (unpaired) electrons. The molecule has 1 aliphatic heterocycles. The van der Waals surface area contributed by atoms with Gasteiger partial charge in [0.05, 0.1) is 42.4 Å². The molecule has 0 bridgehead atoms. The summed E-state index contributed by atoms with van der Waals surface area (Å²) < 4.78 is 33.1. The molecule has 2 heterocycles. The molecule has 4 rings (SSSR count). The van der Waals surface area contributed by atoms with Crippen molar-refractivity contribution in [3.63, 3.8) is 0 Å². The van der Waals surface area contributed by atoms with Crippen LogP contribution in [0, 0.1) is 5.82 Å². The van der Waals surface area contributed by atoms with E-state index in [-0.39, 0.29) is 18.5 Å². The number of halogens is 1. The first-order chi connectivity index (χ1) is 18.1. The number of rotatable bonds is 14. The SMILES string of the molecule is C=CCOC[C@@H](O)CN(Cc1c(CC)nn(-c2ccccc2)c1Oc1ccc(F)cc1)C[C@@H]1CCCO1. The van der Waals surface area contributed by atoms with Crippen molar-refractivity contribution in [3.8, 4) is 17.3 Å². The first kappa shape index (κ1) is 27.0. The smallest absolute Gasteiger partial charge is 0.227 e. The highest BCUT2D eigenvalue weighted by Crippen LogP contribution is 2.32. The Morgan fingerprint density at radius 1 is 1.24 bits per heavy atom. The zero-order valence-corrected chi connectivity index (χ0v) is 21.4. The van der Waals surface area contributed by atoms with Crippen molar-refractivity contribution >= 4 is 0 Å². The number of aliphatic hydroxyl groups excluding tert-OH is 1. The predicted molar refractivity (Wildman–Crippen MR) is 141 cm³/mol. The monoisotopic (exact) mass is 509 g/mol. The van der Waals surface area contributed by atoms with Gasteiger partial charge in [0.15, 0.2) is 0 Å². The molecule has 2 atom stereocenters. The van der Waals surface area contributed by atoms with Gasteiger partial charge in [-0.25, -0.2) is 9.07 Å². The summed E-state index contributed by atoms with van der Waals surface area (Å²) >= 11 is 0. The summed E-state index contributed by atoms with van der Waals surface area (Å²) in [6.45, 7) is 8.68. The minimum Gasteiger partial charge on any atom is -0.439 e. The second kappa shape index (κ2) is 13.5.